The predicted octanol–water partition coefficient (Wildman–Crippen LogP) is 4.76. The maximum Gasteiger partial charge on any atom is 0.353 e. The number of ether oxygens (including phenoxy) is 1. The van der Waals surface area contributed by atoms with Gasteiger partial charge < -0.3 is 10.1 Å². The largest absolute Gasteiger partial charge is 0.422 e. The van der Waals surface area contributed by atoms with Gasteiger partial charge in [-0.25, -0.2) is 13.2 Å². The van der Waals surface area contributed by atoms with Gasteiger partial charge in [0, 0.05) is 13.0 Å². The summed E-state index contributed by atoms with van der Waals surface area (Å²) in [4.78, 5) is 24.9. The molecular weight excluding hydrogens is 460 g/mol. The van der Waals surface area contributed by atoms with Gasteiger partial charge in [0.05, 0.1) is 15.6 Å². The Bertz CT molecular complexity index is 1310. The van der Waals surface area contributed by atoms with Gasteiger partial charge in [-0.3, -0.25) is 9.10 Å². The smallest absolute Gasteiger partial charge is 0.353 e. The molecule has 0 spiro atoms. The molecule has 7 nitrogen and oxygen atoms in total. The summed E-state index contributed by atoms with van der Waals surface area (Å²) in [6.45, 7) is 3.80. The van der Waals surface area contributed by atoms with Crippen LogP contribution in [0.1, 0.15) is 33.6 Å². The first kappa shape index (κ1) is 23.0. The van der Waals surface area contributed by atoms with Gasteiger partial charge >= 0.3 is 5.97 Å². The van der Waals surface area contributed by atoms with Crippen molar-refractivity contribution in [2.75, 3.05) is 16.7 Å². The van der Waals surface area contributed by atoms with Crippen molar-refractivity contribution in [3.63, 3.8) is 0 Å². The van der Waals surface area contributed by atoms with Crippen LogP contribution >= 0.6 is 11.3 Å². The number of amides is 1. The average molecular weight is 485 g/mol. The standard InChI is InChI=1S/C24H24N2O5S2/c1-15-4-11-20(14-16(15)2)33(29,30)26(3)18-7-9-19(10-8-18)31-24(28)21-12-13-22(32-21)25-23(27)17-5-6-17/h4,7-14,17H,5-6H2,1-3H3,(H,25,27). The van der Waals surface area contributed by atoms with Crippen LogP contribution in [-0.4, -0.2) is 27.3 Å². The number of sulfonamides is 1. The lowest BCUT2D eigenvalue weighted by atomic mass is 10.1. The topological polar surface area (TPSA) is 92.8 Å². The van der Waals surface area contributed by atoms with Gasteiger partial charge in [0.2, 0.25) is 5.91 Å². The van der Waals surface area contributed by atoms with Crippen LogP contribution in [0.25, 0.3) is 0 Å². The highest BCUT2D eigenvalue weighted by molar-refractivity contribution is 7.92. The van der Waals surface area contributed by atoms with Crippen LogP contribution < -0.4 is 14.4 Å². The normalized spacial score (nSPS) is 13.4. The van der Waals surface area contributed by atoms with E-state index in [1.165, 1.54) is 11.4 Å². The second-order valence-corrected chi connectivity index (χ2v) is 11.1. The van der Waals surface area contributed by atoms with Gasteiger partial charge in [0.25, 0.3) is 10.0 Å². The maximum atomic E-state index is 13.0. The van der Waals surface area contributed by atoms with Gasteiger partial charge in [-0.15, -0.1) is 11.3 Å². The lowest BCUT2D eigenvalue weighted by molar-refractivity contribution is -0.117. The Balaban J connectivity index is 1.42. The third kappa shape index (κ3) is 5.09. The minimum absolute atomic E-state index is 0.0211. The van der Waals surface area contributed by atoms with Crippen LogP contribution in [0.15, 0.2) is 59.5 Å². The fourth-order valence-electron chi connectivity index (χ4n) is 3.14. The summed E-state index contributed by atoms with van der Waals surface area (Å²) >= 11 is 1.15. The van der Waals surface area contributed by atoms with Crippen molar-refractivity contribution < 1.29 is 22.7 Å². The Labute approximate surface area is 197 Å². The van der Waals surface area contributed by atoms with Crippen molar-refractivity contribution in [2.45, 2.75) is 31.6 Å². The van der Waals surface area contributed by atoms with Crippen LogP contribution in [-0.2, 0) is 14.8 Å². The van der Waals surface area contributed by atoms with E-state index in [-0.39, 0.29) is 22.5 Å². The van der Waals surface area contributed by atoms with Gasteiger partial charge in [-0.05, 0) is 86.3 Å². The number of thiophene rings is 1. The van der Waals surface area contributed by atoms with Crippen molar-refractivity contribution in [1.82, 2.24) is 0 Å². The van der Waals surface area contributed by atoms with Gasteiger partial charge in [0.1, 0.15) is 10.6 Å². The zero-order chi connectivity index (χ0) is 23.8. The molecule has 172 valence electrons. The maximum absolute atomic E-state index is 13.0. The van der Waals surface area contributed by atoms with Crippen molar-refractivity contribution >= 4 is 43.9 Å². The van der Waals surface area contributed by atoms with Crippen LogP contribution in [0, 0.1) is 19.8 Å². The van der Waals surface area contributed by atoms with Crippen molar-refractivity contribution in [1.29, 1.82) is 0 Å². The number of benzene rings is 2. The van der Waals surface area contributed by atoms with Gasteiger partial charge in [0.15, 0.2) is 0 Å². The first-order valence-electron chi connectivity index (χ1n) is 10.4. The molecule has 0 bridgehead atoms. The SMILES string of the molecule is Cc1ccc(S(=O)(=O)N(C)c2ccc(OC(=O)c3ccc(NC(=O)C4CC4)s3)cc2)cc1C. The zero-order valence-electron chi connectivity index (χ0n) is 18.5. The molecule has 1 amide bonds. The van der Waals surface area contributed by atoms with E-state index in [1.807, 2.05) is 13.8 Å². The van der Waals surface area contributed by atoms with E-state index >= 15 is 0 Å². The van der Waals surface area contributed by atoms with E-state index < -0.39 is 16.0 Å². The lowest BCUT2D eigenvalue weighted by Gasteiger charge is -2.20. The molecule has 1 aliphatic carbocycles. The number of esters is 1. The molecular formula is C24H24N2O5S2. The molecule has 9 heteroatoms. The highest BCUT2D eigenvalue weighted by Crippen LogP contribution is 2.32. The molecule has 0 atom stereocenters. The molecule has 1 aromatic heterocycles. The molecule has 1 aliphatic rings. The number of rotatable bonds is 7. The minimum Gasteiger partial charge on any atom is -0.422 e. The second-order valence-electron chi connectivity index (χ2n) is 8.03. The summed E-state index contributed by atoms with van der Waals surface area (Å²) in [6.07, 6.45) is 1.81. The Morgan fingerprint density at radius 1 is 1.00 bits per heavy atom. The van der Waals surface area contributed by atoms with E-state index in [0.717, 1.165) is 35.3 Å². The Morgan fingerprint density at radius 3 is 2.33 bits per heavy atom. The third-order valence-corrected chi connectivity index (χ3v) is 8.31. The summed E-state index contributed by atoms with van der Waals surface area (Å²) in [6, 6.07) is 14.6. The third-order valence-electron chi connectivity index (χ3n) is 5.55. The molecule has 0 unspecified atom stereocenters. The van der Waals surface area contributed by atoms with E-state index in [0.29, 0.717) is 15.6 Å². The fourth-order valence-corrected chi connectivity index (χ4v) is 5.20. The number of carbonyl (C=O) groups excluding carboxylic acids is 2. The molecule has 1 heterocycles. The number of anilines is 2. The lowest BCUT2D eigenvalue weighted by Crippen LogP contribution is -2.26. The molecule has 0 saturated heterocycles. The number of aryl methyl sites for hydroxylation is 2. The predicted molar refractivity (Wildman–Crippen MR) is 129 cm³/mol. The van der Waals surface area contributed by atoms with Crippen LogP contribution in [0.4, 0.5) is 10.7 Å². The quantitative estimate of drug-likeness (QED) is 0.386. The van der Waals surface area contributed by atoms with Crippen LogP contribution in [0.2, 0.25) is 0 Å². The Hall–Kier alpha value is -3.17. The number of hydrogen-bond donors (Lipinski definition) is 1. The molecule has 3 aromatic rings. The first-order chi connectivity index (χ1) is 15.6. The van der Waals surface area contributed by atoms with Gasteiger partial charge in [-0.1, -0.05) is 6.07 Å². The number of nitrogens with one attached hydrogen (secondary N) is 1. The highest BCUT2D eigenvalue weighted by Gasteiger charge is 2.30. The Morgan fingerprint density at radius 2 is 1.70 bits per heavy atom. The number of carbonyl (C=O) groups is 2. The molecule has 4 rings (SSSR count). The molecule has 0 aliphatic heterocycles. The van der Waals surface area contributed by atoms with Crippen molar-refractivity contribution in [3.05, 3.63) is 70.6 Å². The molecule has 1 saturated carbocycles. The molecule has 2 aromatic carbocycles. The van der Waals surface area contributed by atoms with E-state index in [4.69, 9.17) is 4.74 Å². The summed E-state index contributed by atoms with van der Waals surface area (Å²) in [5.74, 6) is -0.196. The monoisotopic (exact) mass is 484 g/mol. The summed E-state index contributed by atoms with van der Waals surface area (Å²) in [5, 5.41) is 3.41. The molecule has 33 heavy (non-hydrogen) atoms. The summed E-state index contributed by atoms with van der Waals surface area (Å²) in [7, 11) is -2.25. The van der Waals surface area contributed by atoms with Crippen molar-refractivity contribution in [3.8, 4) is 5.75 Å². The highest BCUT2D eigenvalue weighted by atomic mass is 32.2. The molecule has 1 fully saturated rings. The van der Waals surface area contributed by atoms with E-state index in [2.05, 4.69) is 5.32 Å². The van der Waals surface area contributed by atoms with Crippen LogP contribution in [0.3, 0.4) is 0 Å². The van der Waals surface area contributed by atoms with Crippen molar-refractivity contribution in [2.24, 2.45) is 5.92 Å². The Kier molecular flexibility index (Phi) is 6.27. The second kappa shape index (κ2) is 8.99. The first-order valence-corrected chi connectivity index (χ1v) is 12.7. The minimum atomic E-state index is -3.73. The molecule has 1 N–H and O–H groups in total. The van der Waals surface area contributed by atoms with E-state index in [9.17, 15) is 18.0 Å². The van der Waals surface area contributed by atoms with Crippen LogP contribution in [0.5, 0.6) is 5.75 Å². The fraction of sp³-hybridized carbons (Fsp3) is 0.250. The van der Waals surface area contributed by atoms with E-state index in [1.54, 1.807) is 54.6 Å². The average Bonchev–Trinajstić information content (AvgIpc) is 3.54. The summed E-state index contributed by atoms with van der Waals surface area (Å²) < 4.78 is 32.6. The summed E-state index contributed by atoms with van der Waals surface area (Å²) in [5.41, 5.74) is 2.36. The molecule has 0 radical (unpaired) electrons. The number of hydrogen-bond acceptors (Lipinski definition) is 6. The van der Waals surface area contributed by atoms with Gasteiger partial charge in [-0.2, -0.15) is 0 Å². The zero-order valence-corrected chi connectivity index (χ0v) is 20.1. The number of nitrogens with zero attached hydrogens (tertiary/aromatic N) is 1.